The number of carbonyl (C=O) groups is 2. The molecule has 3 N–H and O–H groups in total. The largest absolute Gasteiger partial charge is 0.507 e. The van der Waals surface area contributed by atoms with Gasteiger partial charge in [-0.1, -0.05) is 18.2 Å². The molecule has 4 rings (SSSR count). The molecule has 2 aromatic carbocycles. The smallest absolute Gasteiger partial charge is 0.200 e. The van der Waals surface area contributed by atoms with Crippen molar-refractivity contribution < 1.29 is 29.3 Å². The molecule has 0 saturated carbocycles. The Morgan fingerprint density at radius 3 is 2.45 bits per heavy atom. The van der Waals surface area contributed by atoms with E-state index in [0.717, 1.165) is 0 Å². The van der Waals surface area contributed by atoms with Gasteiger partial charge in [-0.05, 0) is 24.3 Å². The number of fused-ring (bicyclic) bond motifs is 2. The normalized spacial score (nSPS) is 20.0. The number of phenols is 2. The van der Waals surface area contributed by atoms with Crippen LogP contribution >= 0.6 is 0 Å². The van der Waals surface area contributed by atoms with Crippen molar-refractivity contribution in [3.63, 3.8) is 0 Å². The lowest BCUT2D eigenvalue weighted by Gasteiger charge is -2.34. The fourth-order valence-corrected chi connectivity index (χ4v) is 3.71. The van der Waals surface area contributed by atoms with Crippen LogP contribution in [0.5, 0.6) is 11.5 Å². The number of hydrogen-bond acceptors (Lipinski definition) is 7. The van der Waals surface area contributed by atoms with Gasteiger partial charge >= 0.3 is 0 Å². The van der Waals surface area contributed by atoms with Gasteiger partial charge in [0.05, 0.1) is 23.8 Å². The number of carbonyl (C=O) groups excluding carboxylic acids is 2. The summed E-state index contributed by atoms with van der Waals surface area (Å²) in [5, 5.41) is 23.7. The minimum Gasteiger partial charge on any atom is -0.507 e. The van der Waals surface area contributed by atoms with Crippen molar-refractivity contribution in [3.8, 4) is 11.5 Å². The fourth-order valence-electron chi connectivity index (χ4n) is 3.71. The minimum absolute atomic E-state index is 0.0117. The van der Waals surface area contributed by atoms with E-state index in [9.17, 15) is 19.8 Å². The monoisotopic (exact) mass is 393 g/mol. The summed E-state index contributed by atoms with van der Waals surface area (Å²) in [4.78, 5) is 26.2. The zero-order valence-corrected chi connectivity index (χ0v) is 15.9. The number of aromatic hydroxyl groups is 2. The van der Waals surface area contributed by atoms with E-state index in [4.69, 9.17) is 9.47 Å². The van der Waals surface area contributed by atoms with Crippen LogP contribution in [0, 0.1) is 0 Å². The number of ether oxygens (including phenoxy) is 2. The Hall–Kier alpha value is -3.58. The van der Waals surface area contributed by atoms with Crippen molar-refractivity contribution in [1.82, 2.24) is 0 Å². The van der Waals surface area contributed by atoms with Gasteiger partial charge in [0.1, 0.15) is 17.3 Å². The highest BCUT2D eigenvalue weighted by Crippen LogP contribution is 2.41. The second kappa shape index (κ2) is 6.79. The van der Waals surface area contributed by atoms with Gasteiger partial charge in [-0.2, -0.15) is 0 Å². The van der Waals surface area contributed by atoms with E-state index in [-0.39, 0.29) is 33.8 Å². The van der Waals surface area contributed by atoms with Gasteiger partial charge in [0.15, 0.2) is 17.3 Å². The average molecular weight is 393 g/mol. The molecule has 0 fully saturated rings. The molecule has 148 valence electrons. The number of hydrogen-bond donors (Lipinski definition) is 3. The number of benzene rings is 2. The second-order valence-electron chi connectivity index (χ2n) is 6.82. The average Bonchev–Trinajstić information content (AvgIpc) is 2.73. The molecule has 29 heavy (non-hydrogen) atoms. The van der Waals surface area contributed by atoms with Crippen molar-refractivity contribution in [2.24, 2.45) is 0 Å². The molecule has 1 atom stereocenters. The maximum atomic E-state index is 13.2. The van der Waals surface area contributed by atoms with Crippen LogP contribution in [0.3, 0.4) is 0 Å². The molecule has 0 radical (unpaired) electrons. The number of allylic oxidation sites excluding steroid dienone is 1. The molecule has 2 aromatic rings. The first kappa shape index (κ1) is 18.8. The van der Waals surface area contributed by atoms with E-state index >= 15 is 0 Å². The summed E-state index contributed by atoms with van der Waals surface area (Å²) < 4.78 is 10.9. The molecule has 0 aliphatic heterocycles. The Morgan fingerprint density at radius 1 is 0.966 bits per heavy atom. The third-order valence-corrected chi connectivity index (χ3v) is 5.18. The third-order valence-electron chi connectivity index (χ3n) is 5.18. The van der Waals surface area contributed by atoms with Crippen molar-refractivity contribution in [1.29, 1.82) is 0 Å². The zero-order chi connectivity index (χ0) is 20.8. The first-order valence-electron chi connectivity index (χ1n) is 8.95. The summed E-state index contributed by atoms with van der Waals surface area (Å²) in [5.74, 6) is -1.11. The number of rotatable bonds is 4. The van der Waals surface area contributed by atoms with Crippen molar-refractivity contribution in [2.75, 3.05) is 19.5 Å². The van der Waals surface area contributed by atoms with Crippen molar-refractivity contribution >= 4 is 17.3 Å². The van der Waals surface area contributed by atoms with Gasteiger partial charge < -0.3 is 25.0 Å². The van der Waals surface area contributed by atoms with Crippen LogP contribution in [-0.4, -0.2) is 41.7 Å². The number of phenolic OH excluding ortho intramolecular Hbond substituents is 2. The third kappa shape index (κ3) is 2.87. The van der Waals surface area contributed by atoms with Gasteiger partial charge in [0.25, 0.3) is 0 Å². The highest BCUT2D eigenvalue weighted by atomic mass is 16.5. The molecule has 2 aliphatic rings. The van der Waals surface area contributed by atoms with Gasteiger partial charge in [-0.3, -0.25) is 9.59 Å². The predicted molar refractivity (Wildman–Crippen MR) is 105 cm³/mol. The Bertz CT molecular complexity index is 1100. The van der Waals surface area contributed by atoms with Gasteiger partial charge in [-0.15, -0.1) is 0 Å². The SMILES string of the molecule is COC1=CC(Nc2ccc(O)c3c2C(=O)c2c(O)cccc2C3=O)(OC)CC=C1. The number of ketones is 2. The fraction of sp³-hybridized carbons (Fsp3) is 0.182. The van der Waals surface area contributed by atoms with Gasteiger partial charge in [0, 0.05) is 30.9 Å². The lowest BCUT2D eigenvalue weighted by Crippen LogP contribution is -2.40. The predicted octanol–water partition coefficient (Wildman–Crippen LogP) is 3.12. The summed E-state index contributed by atoms with van der Waals surface area (Å²) in [6.07, 6.45) is 5.83. The van der Waals surface area contributed by atoms with Crippen LogP contribution in [0.2, 0.25) is 0 Å². The molecule has 1 unspecified atom stereocenters. The van der Waals surface area contributed by atoms with Crippen LogP contribution in [0.25, 0.3) is 0 Å². The first-order valence-corrected chi connectivity index (χ1v) is 8.95. The molecular formula is C22H19NO6. The summed E-state index contributed by atoms with van der Waals surface area (Å²) in [7, 11) is 3.04. The highest BCUT2D eigenvalue weighted by molar-refractivity contribution is 6.31. The van der Waals surface area contributed by atoms with E-state index in [1.807, 2.05) is 6.08 Å². The summed E-state index contributed by atoms with van der Waals surface area (Å²) in [6, 6.07) is 7.14. The molecule has 0 spiro atoms. The van der Waals surface area contributed by atoms with Crippen LogP contribution in [0.1, 0.15) is 38.3 Å². The Morgan fingerprint density at radius 2 is 1.72 bits per heavy atom. The minimum atomic E-state index is -1.02. The number of anilines is 1. The van der Waals surface area contributed by atoms with E-state index in [0.29, 0.717) is 17.9 Å². The molecule has 7 heteroatoms. The molecule has 0 heterocycles. The molecule has 7 nitrogen and oxygen atoms in total. The van der Waals surface area contributed by atoms with E-state index < -0.39 is 17.3 Å². The summed E-state index contributed by atoms with van der Waals surface area (Å²) in [6.45, 7) is 0. The van der Waals surface area contributed by atoms with Crippen molar-refractivity contribution in [2.45, 2.75) is 12.1 Å². The second-order valence-corrected chi connectivity index (χ2v) is 6.82. The summed E-state index contributed by atoms with van der Waals surface area (Å²) >= 11 is 0. The Balaban J connectivity index is 1.88. The molecular weight excluding hydrogens is 374 g/mol. The van der Waals surface area contributed by atoms with Crippen LogP contribution in [0.15, 0.2) is 54.3 Å². The molecule has 0 bridgehead atoms. The topological polar surface area (TPSA) is 105 Å². The lowest BCUT2D eigenvalue weighted by atomic mass is 9.82. The van der Waals surface area contributed by atoms with Crippen LogP contribution < -0.4 is 5.32 Å². The quantitative estimate of drug-likeness (QED) is 0.462. The number of nitrogens with one attached hydrogen (secondary N) is 1. The van der Waals surface area contributed by atoms with E-state index in [1.54, 1.807) is 12.2 Å². The van der Waals surface area contributed by atoms with Crippen LogP contribution in [0.4, 0.5) is 5.69 Å². The van der Waals surface area contributed by atoms with E-state index in [1.165, 1.54) is 44.6 Å². The van der Waals surface area contributed by atoms with E-state index in [2.05, 4.69) is 5.32 Å². The lowest BCUT2D eigenvalue weighted by molar-refractivity contribution is 0.0542. The maximum Gasteiger partial charge on any atom is 0.200 e. The molecule has 0 aromatic heterocycles. The van der Waals surface area contributed by atoms with Gasteiger partial charge in [-0.25, -0.2) is 0 Å². The highest BCUT2D eigenvalue weighted by Gasteiger charge is 2.38. The molecule has 0 amide bonds. The van der Waals surface area contributed by atoms with Crippen molar-refractivity contribution in [3.05, 3.63) is 76.6 Å². The maximum absolute atomic E-state index is 13.2. The standard InChI is InChI=1S/C22H19NO6/c1-28-12-5-4-10-22(11-12,29-2)23-14-8-9-16(25)19-18(14)21(27)17-13(20(19)26)6-3-7-15(17)24/h3-9,11,23-25H,10H2,1-2H3. The zero-order valence-electron chi connectivity index (χ0n) is 15.9. The molecule has 0 saturated heterocycles. The Kier molecular flexibility index (Phi) is 4.39. The number of methoxy groups -OCH3 is 2. The summed E-state index contributed by atoms with van der Waals surface area (Å²) in [5.41, 5.74) is -0.865. The molecule has 2 aliphatic carbocycles. The first-order chi connectivity index (χ1) is 13.9. The van der Waals surface area contributed by atoms with Crippen LogP contribution in [-0.2, 0) is 9.47 Å². The Labute approximate surface area is 166 Å². The van der Waals surface area contributed by atoms with Gasteiger partial charge in [0.2, 0.25) is 0 Å².